The average Bonchev–Trinajstić information content (AvgIpc) is 2.61. The number of piperazine rings is 1. The molecule has 2 heterocycles. The molecule has 0 aliphatic carbocycles. The van der Waals surface area contributed by atoms with Crippen LogP contribution in [-0.2, 0) is 11.3 Å². The van der Waals surface area contributed by atoms with Gasteiger partial charge in [0.25, 0.3) is 0 Å². The maximum Gasteiger partial charge on any atom is 0.237 e. The summed E-state index contributed by atoms with van der Waals surface area (Å²) in [4.78, 5) is 16.8. The minimum absolute atomic E-state index is 0.0148. The van der Waals surface area contributed by atoms with Crippen LogP contribution in [0, 0.1) is 6.92 Å². The smallest absolute Gasteiger partial charge is 0.237 e. The molecular formula is C21H23BrN2O2. The van der Waals surface area contributed by atoms with Gasteiger partial charge < -0.3 is 10.0 Å². The fourth-order valence-electron chi connectivity index (χ4n) is 4.32. The minimum atomic E-state index is -0.102. The highest BCUT2D eigenvalue weighted by Gasteiger charge is 2.53. The van der Waals surface area contributed by atoms with Crippen LogP contribution in [-0.4, -0.2) is 52.6 Å². The Morgan fingerprint density at radius 1 is 1.12 bits per heavy atom. The van der Waals surface area contributed by atoms with E-state index in [4.69, 9.17) is 0 Å². The van der Waals surface area contributed by atoms with E-state index in [0.717, 1.165) is 17.6 Å². The van der Waals surface area contributed by atoms with Crippen molar-refractivity contribution in [2.75, 3.05) is 19.7 Å². The Balaban J connectivity index is 1.53. The molecule has 5 heteroatoms. The molecular weight excluding hydrogens is 392 g/mol. The third kappa shape index (κ3) is 3.20. The van der Waals surface area contributed by atoms with Crippen LogP contribution in [0.3, 0.4) is 0 Å². The summed E-state index contributed by atoms with van der Waals surface area (Å²) >= 11 is 3.47. The number of hydrogen-bond donors (Lipinski definition) is 1. The molecule has 2 aliphatic rings. The van der Waals surface area contributed by atoms with Gasteiger partial charge >= 0.3 is 0 Å². The van der Waals surface area contributed by atoms with Crippen molar-refractivity contribution in [1.82, 2.24) is 9.80 Å². The molecule has 2 aliphatic heterocycles. The molecule has 0 radical (unpaired) electrons. The molecule has 3 atom stereocenters. The van der Waals surface area contributed by atoms with E-state index >= 15 is 0 Å². The maximum atomic E-state index is 12.7. The van der Waals surface area contributed by atoms with Crippen molar-refractivity contribution in [1.29, 1.82) is 0 Å². The van der Waals surface area contributed by atoms with E-state index in [0.29, 0.717) is 6.54 Å². The van der Waals surface area contributed by atoms with Gasteiger partial charge in [-0.05, 0) is 30.2 Å². The molecule has 1 amide bonds. The Hall–Kier alpha value is -1.69. The van der Waals surface area contributed by atoms with Crippen molar-refractivity contribution in [2.45, 2.75) is 31.5 Å². The number of carbonyl (C=O) groups is 1. The van der Waals surface area contributed by atoms with E-state index in [1.165, 1.54) is 16.7 Å². The largest absolute Gasteiger partial charge is 0.394 e. The monoisotopic (exact) mass is 414 g/mol. The second-order valence-electron chi connectivity index (χ2n) is 7.35. The first kappa shape index (κ1) is 17.7. The van der Waals surface area contributed by atoms with Crippen molar-refractivity contribution < 1.29 is 9.90 Å². The molecule has 0 aromatic heterocycles. The molecule has 2 aromatic rings. The molecule has 0 unspecified atom stereocenters. The van der Waals surface area contributed by atoms with Crippen LogP contribution < -0.4 is 0 Å². The highest BCUT2D eigenvalue weighted by atomic mass is 79.9. The first-order valence-electron chi connectivity index (χ1n) is 9.02. The average molecular weight is 415 g/mol. The van der Waals surface area contributed by atoms with Crippen molar-refractivity contribution in [3.63, 3.8) is 0 Å². The molecule has 2 aromatic carbocycles. The van der Waals surface area contributed by atoms with Crippen LogP contribution >= 0.6 is 15.9 Å². The predicted molar refractivity (Wildman–Crippen MR) is 105 cm³/mol. The summed E-state index contributed by atoms with van der Waals surface area (Å²) in [5.74, 6) is 0.318. The zero-order valence-electron chi connectivity index (χ0n) is 14.8. The zero-order chi connectivity index (χ0) is 18.3. The summed E-state index contributed by atoms with van der Waals surface area (Å²) in [6, 6.07) is 16.8. The summed E-state index contributed by atoms with van der Waals surface area (Å²) in [5, 5.41) is 9.84. The van der Waals surface area contributed by atoms with Crippen molar-refractivity contribution in [3.05, 3.63) is 69.7 Å². The van der Waals surface area contributed by atoms with Gasteiger partial charge in [0.15, 0.2) is 0 Å². The number of fused-ring (bicyclic) bond motifs is 1. The van der Waals surface area contributed by atoms with Gasteiger partial charge in [0.1, 0.15) is 0 Å². The molecule has 2 fully saturated rings. The Morgan fingerprint density at radius 2 is 1.81 bits per heavy atom. The normalized spacial score (nSPS) is 25.7. The van der Waals surface area contributed by atoms with Gasteiger partial charge in [-0.2, -0.15) is 0 Å². The SMILES string of the molecule is Cc1ccc(CN2CC(=O)N3[C@H](CO)[C@@H](c4ccc(Br)cc4)[C@H]3C2)cc1. The number of benzene rings is 2. The standard InChI is InChI=1S/C21H23BrN2O2/c1-14-2-4-15(5-3-14)10-23-11-18-21(16-6-8-17(22)9-7-16)19(13-25)24(18)20(26)12-23/h2-9,18-19,21,25H,10-13H2,1H3/t18-,19-,21+/m1/s1. The third-order valence-electron chi connectivity index (χ3n) is 5.60. The quantitative estimate of drug-likeness (QED) is 0.836. The lowest BCUT2D eigenvalue weighted by atomic mass is 9.74. The van der Waals surface area contributed by atoms with E-state index in [1.54, 1.807) is 0 Å². The summed E-state index contributed by atoms with van der Waals surface area (Å²) < 4.78 is 1.04. The molecule has 0 bridgehead atoms. The molecule has 1 N–H and O–H groups in total. The van der Waals surface area contributed by atoms with E-state index in [1.807, 2.05) is 17.0 Å². The van der Waals surface area contributed by atoms with Gasteiger partial charge in [0.2, 0.25) is 5.91 Å². The minimum Gasteiger partial charge on any atom is -0.394 e. The summed E-state index contributed by atoms with van der Waals surface area (Å²) in [6.07, 6.45) is 0. The van der Waals surface area contributed by atoms with E-state index in [9.17, 15) is 9.90 Å². The molecule has 136 valence electrons. The second-order valence-corrected chi connectivity index (χ2v) is 8.27. The number of carbonyl (C=O) groups excluding carboxylic acids is 1. The van der Waals surface area contributed by atoms with Gasteiger partial charge in [-0.15, -0.1) is 0 Å². The molecule has 26 heavy (non-hydrogen) atoms. The van der Waals surface area contributed by atoms with Gasteiger partial charge in [0, 0.05) is 23.5 Å². The number of halogens is 1. The lowest BCUT2D eigenvalue weighted by Crippen LogP contribution is -2.72. The number of nitrogens with zero attached hydrogens (tertiary/aromatic N) is 2. The van der Waals surface area contributed by atoms with Crippen molar-refractivity contribution >= 4 is 21.8 Å². The summed E-state index contributed by atoms with van der Waals surface area (Å²) in [5.41, 5.74) is 3.67. The zero-order valence-corrected chi connectivity index (χ0v) is 16.4. The van der Waals surface area contributed by atoms with Gasteiger partial charge in [-0.1, -0.05) is 57.9 Å². The topological polar surface area (TPSA) is 43.8 Å². The highest BCUT2D eigenvalue weighted by Crippen LogP contribution is 2.43. The fourth-order valence-corrected chi connectivity index (χ4v) is 4.59. The van der Waals surface area contributed by atoms with Crippen LogP contribution in [0.2, 0.25) is 0 Å². The van der Waals surface area contributed by atoms with Gasteiger partial charge in [-0.3, -0.25) is 9.69 Å². The Kier molecular flexibility index (Phi) is 4.86. The number of hydrogen-bond acceptors (Lipinski definition) is 3. The number of rotatable bonds is 4. The second kappa shape index (κ2) is 7.14. The van der Waals surface area contributed by atoms with Crippen LogP contribution in [0.5, 0.6) is 0 Å². The van der Waals surface area contributed by atoms with Crippen molar-refractivity contribution in [3.8, 4) is 0 Å². The maximum absolute atomic E-state index is 12.7. The molecule has 2 saturated heterocycles. The van der Waals surface area contributed by atoms with Crippen molar-refractivity contribution in [2.24, 2.45) is 0 Å². The Morgan fingerprint density at radius 3 is 2.46 bits per heavy atom. The summed E-state index contributed by atoms with van der Waals surface area (Å²) in [6.45, 7) is 4.15. The third-order valence-corrected chi connectivity index (χ3v) is 6.13. The molecule has 0 saturated carbocycles. The molecule has 4 nitrogen and oxygen atoms in total. The van der Waals surface area contributed by atoms with Crippen LogP contribution in [0.15, 0.2) is 53.0 Å². The Bertz CT molecular complexity index is 791. The van der Waals surface area contributed by atoms with Gasteiger partial charge in [0.05, 0.1) is 25.2 Å². The molecule has 0 spiro atoms. The van der Waals surface area contributed by atoms with E-state index < -0.39 is 0 Å². The number of aryl methyl sites for hydroxylation is 1. The lowest BCUT2D eigenvalue weighted by Gasteiger charge is -2.59. The van der Waals surface area contributed by atoms with E-state index in [2.05, 4.69) is 64.2 Å². The number of aliphatic hydroxyl groups excluding tert-OH is 1. The lowest BCUT2D eigenvalue weighted by molar-refractivity contribution is -0.162. The first-order chi connectivity index (χ1) is 12.6. The van der Waals surface area contributed by atoms with Gasteiger partial charge in [-0.25, -0.2) is 0 Å². The summed E-state index contributed by atoms with van der Waals surface area (Å²) in [7, 11) is 0. The van der Waals surface area contributed by atoms with Crippen LogP contribution in [0.1, 0.15) is 22.6 Å². The number of aliphatic hydroxyl groups is 1. The van der Waals surface area contributed by atoms with E-state index in [-0.39, 0.29) is 30.5 Å². The first-order valence-corrected chi connectivity index (χ1v) is 9.81. The van der Waals surface area contributed by atoms with Crippen LogP contribution in [0.25, 0.3) is 0 Å². The molecule has 4 rings (SSSR count). The fraction of sp³-hybridized carbons (Fsp3) is 0.381. The predicted octanol–water partition coefficient (Wildman–Crippen LogP) is 2.93. The Labute approximate surface area is 162 Å². The van der Waals surface area contributed by atoms with Crippen LogP contribution in [0.4, 0.5) is 0 Å². The number of amides is 1. The highest BCUT2D eigenvalue weighted by molar-refractivity contribution is 9.10.